The molecule has 1 aliphatic heterocycles. The predicted molar refractivity (Wildman–Crippen MR) is 67.9 cm³/mol. The second-order valence-corrected chi connectivity index (χ2v) is 9.78. The van der Waals surface area contributed by atoms with E-state index in [2.05, 4.69) is 59.5 Å². The summed E-state index contributed by atoms with van der Waals surface area (Å²) in [6.45, 7) is 9.17. The van der Waals surface area contributed by atoms with E-state index in [0.717, 1.165) is 13.1 Å². The Hall–Kier alpha value is -1.09. The van der Waals surface area contributed by atoms with E-state index in [4.69, 9.17) is 0 Å². The minimum Gasteiger partial charge on any atom is -0.381 e. The van der Waals surface area contributed by atoms with Gasteiger partial charge in [-0.15, -0.1) is 0 Å². The second kappa shape index (κ2) is 3.81. The first kappa shape index (κ1) is 10.4. The summed E-state index contributed by atoms with van der Waals surface area (Å²) in [5, 5.41) is 0. The molecule has 0 N–H and O–H groups in total. The lowest BCUT2D eigenvalue weighted by atomic mass is 10.2. The van der Waals surface area contributed by atoms with Gasteiger partial charge in [-0.1, -0.05) is 50.0 Å². The van der Waals surface area contributed by atoms with Crippen LogP contribution in [0.4, 0.5) is 0 Å². The zero-order chi connectivity index (χ0) is 10.9. The van der Waals surface area contributed by atoms with Crippen molar-refractivity contribution in [2.45, 2.75) is 19.6 Å². The molecule has 0 fully saturated rings. The van der Waals surface area contributed by atoms with E-state index in [1.165, 1.54) is 11.4 Å². The molecule has 0 radical (unpaired) electrons. The van der Waals surface area contributed by atoms with E-state index >= 15 is 0 Å². The van der Waals surface area contributed by atoms with E-state index in [-0.39, 0.29) is 0 Å². The summed E-state index contributed by atoms with van der Waals surface area (Å²) in [6, 6.07) is 10.5. The van der Waals surface area contributed by atoms with Crippen molar-refractivity contribution in [2.75, 3.05) is 13.1 Å². The van der Waals surface area contributed by atoms with Crippen molar-refractivity contribution in [3.8, 4) is 0 Å². The maximum atomic E-state index is 4.63. The molecule has 2 nitrogen and oxygen atoms in total. The molecule has 0 spiro atoms. The Morgan fingerprint density at radius 2 is 1.80 bits per heavy atom. The molecule has 0 aromatic heterocycles. The molecule has 0 aliphatic carbocycles. The highest BCUT2D eigenvalue weighted by atomic mass is 28.3. The topological polar surface area (TPSA) is 15.6 Å². The smallest absolute Gasteiger partial charge is 0.149 e. The maximum Gasteiger partial charge on any atom is 0.149 e. The van der Waals surface area contributed by atoms with Crippen LogP contribution in [0.2, 0.25) is 19.6 Å². The highest BCUT2D eigenvalue weighted by Gasteiger charge is 2.30. The molecule has 80 valence electrons. The molecule has 1 aliphatic rings. The first-order valence-corrected chi connectivity index (χ1v) is 8.91. The highest BCUT2D eigenvalue weighted by Crippen LogP contribution is 2.18. The summed E-state index contributed by atoms with van der Waals surface area (Å²) in [4.78, 5) is 4.63. The zero-order valence-corrected chi connectivity index (χ0v) is 10.7. The van der Waals surface area contributed by atoms with E-state index in [9.17, 15) is 0 Å². The van der Waals surface area contributed by atoms with Crippen molar-refractivity contribution < 1.29 is 0 Å². The second-order valence-electron chi connectivity index (χ2n) is 4.89. The molecule has 1 aromatic rings. The Balaban J connectivity index is 2.30. The van der Waals surface area contributed by atoms with Crippen molar-refractivity contribution >= 4 is 14.1 Å². The van der Waals surface area contributed by atoms with Crippen LogP contribution in [0.5, 0.6) is 0 Å². The minimum atomic E-state index is -1.27. The van der Waals surface area contributed by atoms with Crippen LogP contribution in [0.1, 0.15) is 5.56 Å². The summed E-state index contributed by atoms with van der Waals surface area (Å²) in [7, 11) is -1.27. The third-order valence-corrected chi connectivity index (χ3v) is 4.74. The quantitative estimate of drug-likeness (QED) is 0.697. The first-order valence-electron chi connectivity index (χ1n) is 5.46. The van der Waals surface area contributed by atoms with Crippen molar-refractivity contribution in [3.05, 3.63) is 35.9 Å². The Labute approximate surface area is 92.7 Å². The van der Waals surface area contributed by atoms with E-state index in [0.29, 0.717) is 0 Å². The fourth-order valence-corrected chi connectivity index (χ4v) is 3.54. The monoisotopic (exact) mass is 218 g/mol. The van der Waals surface area contributed by atoms with E-state index in [1.54, 1.807) is 0 Å². The van der Waals surface area contributed by atoms with Gasteiger partial charge in [0.15, 0.2) is 0 Å². The van der Waals surface area contributed by atoms with Gasteiger partial charge >= 0.3 is 0 Å². The number of amidine groups is 1. The van der Waals surface area contributed by atoms with Gasteiger partial charge in [-0.3, -0.25) is 4.99 Å². The number of benzene rings is 1. The van der Waals surface area contributed by atoms with Crippen LogP contribution in [0.15, 0.2) is 35.3 Å². The van der Waals surface area contributed by atoms with Crippen LogP contribution in [-0.4, -0.2) is 31.7 Å². The van der Waals surface area contributed by atoms with Crippen LogP contribution >= 0.6 is 0 Å². The molecule has 0 saturated carbocycles. The van der Waals surface area contributed by atoms with Crippen LogP contribution < -0.4 is 0 Å². The lowest BCUT2D eigenvalue weighted by Crippen LogP contribution is -2.48. The number of nitrogens with zero attached hydrogens (tertiary/aromatic N) is 2. The van der Waals surface area contributed by atoms with Crippen molar-refractivity contribution in [3.63, 3.8) is 0 Å². The number of hydrogen-bond acceptors (Lipinski definition) is 2. The molecule has 15 heavy (non-hydrogen) atoms. The Morgan fingerprint density at radius 1 is 1.13 bits per heavy atom. The summed E-state index contributed by atoms with van der Waals surface area (Å²) in [5.41, 5.74) is 1.26. The SMILES string of the molecule is C[Si](C)(C)N1CCN=C1c1ccccc1. The van der Waals surface area contributed by atoms with Gasteiger partial charge in [-0.25, -0.2) is 0 Å². The molecule has 0 amide bonds. The molecule has 2 rings (SSSR count). The average molecular weight is 218 g/mol. The van der Waals surface area contributed by atoms with Crippen LogP contribution in [0.3, 0.4) is 0 Å². The maximum absolute atomic E-state index is 4.63. The molecular formula is C12H18N2Si. The normalized spacial score (nSPS) is 16.7. The predicted octanol–water partition coefficient (Wildman–Crippen LogP) is 2.58. The van der Waals surface area contributed by atoms with Gasteiger partial charge in [0, 0.05) is 12.1 Å². The first-order chi connectivity index (χ1) is 7.09. The van der Waals surface area contributed by atoms with Gasteiger partial charge in [0.25, 0.3) is 0 Å². The van der Waals surface area contributed by atoms with Crippen LogP contribution in [0, 0.1) is 0 Å². The fourth-order valence-electron chi connectivity index (χ4n) is 1.93. The lowest BCUT2D eigenvalue weighted by Gasteiger charge is -2.33. The molecular weight excluding hydrogens is 200 g/mol. The minimum absolute atomic E-state index is 0.953. The lowest BCUT2D eigenvalue weighted by molar-refractivity contribution is 0.669. The molecule has 0 bridgehead atoms. The van der Waals surface area contributed by atoms with Gasteiger partial charge in [-0.2, -0.15) is 0 Å². The summed E-state index contributed by atoms with van der Waals surface area (Å²) in [6.07, 6.45) is 0. The molecule has 1 heterocycles. The van der Waals surface area contributed by atoms with Crippen LogP contribution in [0.25, 0.3) is 0 Å². The van der Waals surface area contributed by atoms with Gasteiger partial charge in [0.2, 0.25) is 0 Å². The summed E-state index contributed by atoms with van der Waals surface area (Å²) >= 11 is 0. The van der Waals surface area contributed by atoms with Crippen molar-refractivity contribution in [2.24, 2.45) is 4.99 Å². The van der Waals surface area contributed by atoms with Gasteiger partial charge in [0.05, 0.1) is 6.54 Å². The van der Waals surface area contributed by atoms with Gasteiger partial charge < -0.3 is 4.57 Å². The largest absolute Gasteiger partial charge is 0.381 e. The zero-order valence-electron chi connectivity index (χ0n) is 9.70. The standard InChI is InChI=1S/C12H18N2Si/c1-15(2,3)14-10-9-13-12(14)11-7-5-4-6-8-11/h4-8H,9-10H2,1-3H3. The van der Waals surface area contributed by atoms with Gasteiger partial charge in [0.1, 0.15) is 14.1 Å². The number of hydrogen-bond donors (Lipinski definition) is 0. The van der Waals surface area contributed by atoms with E-state index < -0.39 is 8.24 Å². The molecule has 0 saturated heterocycles. The van der Waals surface area contributed by atoms with Gasteiger partial charge in [-0.05, 0) is 0 Å². The average Bonchev–Trinajstić information content (AvgIpc) is 2.67. The Kier molecular flexibility index (Phi) is 2.65. The Morgan fingerprint density at radius 3 is 2.40 bits per heavy atom. The van der Waals surface area contributed by atoms with Crippen molar-refractivity contribution in [1.82, 2.24) is 4.57 Å². The van der Waals surface area contributed by atoms with E-state index in [1.807, 2.05) is 0 Å². The molecule has 0 atom stereocenters. The fraction of sp³-hybridized carbons (Fsp3) is 0.417. The summed E-state index contributed by atoms with van der Waals surface area (Å²) < 4.78 is 2.52. The number of rotatable bonds is 2. The molecule has 0 unspecified atom stereocenters. The third kappa shape index (κ3) is 2.12. The highest BCUT2D eigenvalue weighted by molar-refractivity contribution is 6.76. The Bertz CT molecular complexity index is 365. The molecule has 3 heteroatoms. The van der Waals surface area contributed by atoms with Crippen LogP contribution in [-0.2, 0) is 0 Å². The molecule has 1 aromatic carbocycles. The third-order valence-electron chi connectivity index (χ3n) is 2.68. The number of aliphatic imine (C=N–C) groups is 1. The van der Waals surface area contributed by atoms with Crippen molar-refractivity contribution in [1.29, 1.82) is 0 Å². The summed E-state index contributed by atoms with van der Waals surface area (Å²) in [5.74, 6) is 1.20.